The molecule has 0 saturated carbocycles. The van der Waals surface area contributed by atoms with Crippen molar-refractivity contribution in [1.82, 2.24) is 4.90 Å². The highest BCUT2D eigenvalue weighted by atomic mass is 35.5. The van der Waals surface area contributed by atoms with Gasteiger partial charge in [-0.25, -0.2) is 0 Å². The van der Waals surface area contributed by atoms with E-state index >= 15 is 0 Å². The second kappa shape index (κ2) is 7.96. The molecule has 0 aliphatic rings. The molecule has 1 heterocycles. The third-order valence-corrected chi connectivity index (χ3v) is 4.97. The molecule has 3 nitrogen and oxygen atoms in total. The lowest BCUT2D eigenvalue weighted by Crippen LogP contribution is -2.33. The van der Waals surface area contributed by atoms with E-state index in [1.807, 2.05) is 43.3 Å². The fraction of sp³-hybridized carbons (Fsp3) is 0.222. The van der Waals surface area contributed by atoms with Crippen LogP contribution in [0.1, 0.15) is 18.2 Å². The van der Waals surface area contributed by atoms with Gasteiger partial charge in [-0.15, -0.1) is 11.3 Å². The van der Waals surface area contributed by atoms with Gasteiger partial charge in [-0.05, 0) is 31.2 Å². The van der Waals surface area contributed by atoms with Gasteiger partial charge < -0.3 is 4.90 Å². The highest BCUT2D eigenvalue weighted by Gasteiger charge is 2.12. The first-order valence-electron chi connectivity index (χ1n) is 7.19. The summed E-state index contributed by atoms with van der Waals surface area (Å²) in [6.45, 7) is 1.86. The summed E-state index contributed by atoms with van der Waals surface area (Å²) in [6.07, 6.45) is 3.66. The summed E-state index contributed by atoms with van der Waals surface area (Å²) in [5, 5.41) is 9.41. The van der Waals surface area contributed by atoms with Crippen molar-refractivity contribution in [2.45, 2.75) is 19.4 Å². The van der Waals surface area contributed by atoms with Crippen LogP contribution in [0.3, 0.4) is 0 Å². The van der Waals surface area contributed by atoms with Gasteiger partial charge in [-0.2, -0.15) is 5.26 Å². The van der Waals surface area contributed by atoms with E-state index in [-0.39, 0.29) is 11.9 Å². The second-order valence-corrected chi connectivity index (χ2v) is 6.70. The average molecular weight is 345 g/mol. The van der Waals surface area contributed by atoms with Crippen molar-refractivity contribution in [2.75, 3.05) is 7.05 Å². The van der Waals surface area contributed by atoms with Gasteiger partial charge in [0.05, 0.1) is 12.5 Å². The molecule has 1 aromatic carbocycles. The van der Waals surface area contributed by atoms with Crippen LogP contribution in [0, 0.1) is 11.3 Å². The van der Waals surface area contributed by atoms with Crippen LogP contribution in [0.25, 0.3) is 16.5 Å². The summed E-state index contributed by atoms with van der Waals surface area (Å²) < 4.78 is 0. The number of rotatable bonds is 5. The zero-order valence-corrected chi connectivity index (χ0v) is 14.6. The van der Waals surface area contributed by atoms with Crippen molar-refractivity contribution in [2.24, 2.45) is 0 Å². The SMILES string of the molecule is CC(CC#N)N(C)C(=O)/C=C/c1ccc(-c2ccccc2Cl)s1. The van der Waals surface area contributed by atoms with E-state index in [1.165, 1.54) is 6.08 Å². The van der Waals surface area contributed by atoms with Crippen molar-refractivity contribution in [1.29, 1.82) is 5.26 Å². The van der Waals surface area contributed by atoms with E-state index in [4.69, 9.17) is 16.9 Å². The third-order valence-electron chi connectivity index (χ3n) is 3.55. The molecular formula is C18H17ClN2OS. The Bertz CT molecular complexity index is 760. The first kappa shape index (κ1) is 17.3. The maximum absolute atomic E-state index is 12.1. The zero-order chi connectivity index (χ0) is 16.8. The maximum Gasteiger partial charge on any atom is 0.246 e. The van der Waals surface area contributed by atoms with Crippen LogP contribution in [0.15, 0.2) is 42.5 Å². The van der Waals surface area contributed by atoms with Crippen LogP contribution < -0.4 is 0 Å². The quantitative estimate of drug-likeness (QED) is 0.728. The first-order chi connectivity index (χ1) is 11.0. The molecule has 0 N–H and O–H groups in total. The molecule has 0 aliphatic heterocycles. The molecule has 118 valence electrons. The van der Waals surface area contributed by atoms with E-state index < -0.39 is 0 Å². The molecule has 0 radical (unpaired) electrons. The molecule has 0 saturated heterocycles. The van der Waals surface area contributed by atoms with Crippen molar-refractivity contribution < 1.29 is 4.79 Å². The largest absolute Gasteiger partial charge is 0.338 e. The van der Waals surface area contributed by atoms with Gasteiger partial charge in [0.15, 0.2) is 0 Å². The molecule has 0 bridgehead atoms. The predicted octanol–water partition coefficient (Wildman–Crippen LogP) is 4.84. The number of nitrogens with zero attached hydrogens (tertiary/aromatic N) is 2. The number of amides is 1. The Morgan fingerprint density at radius 3 is 2.83 bits per heavy atom. The van der Waals surface area contributed by atoms with Crippen LogP contribution in [-0.4, -0.2) is 23.9 Å². The van der Waals surface area contributed by atoms with Crippen LogP contribution in [0.2, 0.25) is 5.02 Å². The van der Waals surface area contributed by atoms with Crippen molar-refractivity contribution in [3.05, 3.63) is 52.4 Å². The van der Waals surface area contributed by atoms with Crippen molar-refractivity contribution in [3.63, 3.8) is 0 Å². The summed E-state index contributed by atoms with van der Waals surface area (Å²) in [7, 11) is 1.71. The van der Waals surface area contributed by atoms with Crippen LogP contribution >= 0.6 is 22.9 Å². The molecule has 23 heavy (non-hydrogen) atoms. The van der Waals surface area contributed by atoms with E-state index in [1.54, 1.807) is 29.4 Å². The predicted molar refractivity (Wildman–Crippen MR) is 96.3 cm³/mol. The van der Waals surface area contributed by atoms with Crippen molar-refractivity contribution in [3.8, 4) is 16.5 Å². The summed E-state index contributed by atoms with van der Waals surface area (Å²) in [5.41, 5.74) is 0.991. The smallest absolute Gasteiger partial charge is 0.246 e. The number of nitriles is 1. The number of thiophene rings is 1. The summed E-state index contributed by atoms with van der Waals surface area (Å²) >= 11 is 7.78. The van der Waals surface area contributed by atoms with Gasteiger partial charge >= 0.3 is 0 Å². The molecule has 1 aromatic heterocycles. The van der Waals surface area contributed by atoms with Gasteiger partial charge in [-0.1, -0.05) is 29.8 Å². The van der Waals surface area contributed by atoms with E-state index in [0.29, 0.717) is 11.4 Å². The summed E-state index contributed by atoms with van der Waals surface area (Å²) in [4.78, 5) is 15.7. The molecule has 2 aromatic rings. The summed E-state index contributed by atoms with van der Waals surface area (Å²) in [5.74, 6) is -0.111. The molecule has 1 amide bonds. The highest BCUT2D eigenvalue weighted by molar-refractivity contribution is 7.16. The standard InChI is InChI=1S/C18H17ClN2OS/c1-13(11-12-20)21(2)18(22)10-8-14-7-9-17(23-14)15-5-3-4-6-16(15)19/h3-10,13H,11H2,1-2H3/b10-8+. The Kier molecular flexibility index (Phi) is 5.97. The van der Waals surface area contributed by atoms with Crippen LogP contribution in [0.4, 0.5) is 0 Å². The molecule has 0 fully saturated rings. The fourth-order valence-electron chi connectivity index (χ4n) is 2.01. The van der Waals surface area contributed by atoms with Gasteiger partial charge in [0.1, 0.15) is 0 Å². The summed E-state index contributed by atoms with van der Waals surface area (Å²) in [6, 6.07) is 13.6. The average Bonchev–Trinajstić information content (AvgIpc) is 3.01. The number of carbonyl (C=O) groups is 1. The monoisotopic (exact) mass is 344 g/mol. The van der Waals surface area contributed by atoms with Crippen LogP contribution in [0.5, 0.6) is 0 Å². The molecule has 5 heteroatoms. The minimum atomic E-state index is -0.111. The Labute approximate surface area is 145 Å². The Morgan fingerprint density at radius 2 is 2.13 bits per heavy atom. The van der Waals surface area contributed by atoms with E-state index in [9.17, 15) is 4.79 Å². The lowest BCUT2D eigenvalue weighted by molar-refractivity contribution is -0.126. The topological polar surface area (TPSA) is 44.1 Å². The number of carbonyl (C=O) groups excluding carboxylic acids is 1. The molecule has 0 spiro atoms. The highest BCUT2D eigenvalue weighted by Crippen LogP contribution is 2.33. The molecule has 2 rings (SSSR count). The normalized spacial score (nSPS) is 12.1. The molecule has 1 unspecified atom stereocenters. The number of hydrogen-bond acceptors (Lipinski definition) is 3. The minimum absolute atomic E-state index is 0.0980. The maximum atomic E-state index is 12.1. The van der Waals surface area contributed by atoms with Crippen molar-refractivity contribution >= 4 is 34.9 Å². The van der Waals surface area contributed by atoms with E-state index in [0.717, 1.165) is 15.3 Å². The van der Waals surface area contributed by atoms with E-state index in [2.05, 4.69) is 6.07 Å². The van der Waals surface area contributed by atoms with Gasteiger partial charge in [-0.3, -0.25) is 4.79 Å². The number of benzene rings is 1. The minimum Gasteiger partial charge on any atom is -0.338 e. The first-order valence-corrected chi connectivity index (χ1v) is 8.39. The fourth-order valence-corrected chi connectivity index (χ4v) is 3.25. The van der Waals surface area contributed by atoms with Crippen LogP contribution in [-0.2, 0) is 4.79 Å². The lowest BCUT2D eigenvalue weighted by atomic mass is 10.2. The molecule has 0 aliphatic carbocycles. The number of likely N-dealkylation sites (N-methyl/N-ethyl adjacent to an activating group) is 1. The Hall–Kier alpha value is -2.09. The zero-order valence-electron chi connectivity index (χ0n) is 13.0. The molecular weight excluding hydrogens is 328 g/mol. The Balaban J connectivity index is 2.09. The number of hydrogen-bond donors (Lipinski definition) is 0. The Morgan fingerprint density at radius 1 is 1.39 bits per heavy atom. The van der Waals surface area contributed by atoms with Gasteiger partial charge in [0, 0.05) is 39.5 Å². The third kappa shape index (κ3) is 4.44. The number of halogens is 1. The van der Waals surface area contributed by atoms with Gasteiger partial charge in [0.25, 0.3) is 0 Å². The second-order valence-electron chi connectivity index (χ2n) is 5.18. The van der Waals surface area contributed by atoms with Gasteiger partial charge in [0.2, 0.25) is 5.91 Å². The molecule has 1 atom stereocenters. The lowest BCUT2D eigenvalue weighted by Gasteiger charge is -2.21.